The summed E-state index contributed by atoms with van der Waals surface area (Å²) in [6.45, 7) is 11.1. The van der Waals surface area contributed by atoms with E-state index in [1.54, 1.807) is 0 Å². The molecule has 124 valence electrons. The molecule has 0 radical (unpaired) electrons. The van der Waals surface area contributed by atoms with Crippen molar-refractivity contribution in [1.82, 2.24) is 5.06 Å². The first-order valence-corrected chi connectivity index (χ1v) is 8.62. The van der Waals surface area contributed by atoms with Gasteiger partial charge in [-0.05, 0) is 52.0 Å². The van der Waals surface area contributed by atoms with Gasteiger partial charge in [-0.15, -0.1) is 0 Å². The highest BCUT2D eigenvalue weighted by Crippen LogP contribution is 2.43. The van der Waals surface area contributed by atoms with Gasteiger partial charge >= 0.3 is 0 Å². The molecule has 2 rings (SSSR count). The first kappa shape index (κ1) is 17.5. The molecule has 2 N–H and O–H groups in total. The summed E-state index contributed by atoms with van der Waals surface area (Å²) in [5.74, 6) is 0. The lowest BCUT2D eigenvalue weighted by atomic mass is 9.74. The van der Waals surface area contributed by atoms with E-state index in [9.17, 15) is 0 Å². The molecule has 1 aliphatic heterocycles. The summed E-state index contributed by atoms with van der Waals surface area (Å²) in [6.07, 6.45) is 4.14. The van der Waals surface area contributed by atoms with E-state index < -0.39 is 0 Å². The number of rotatable bonds is 5. The molecule has 2 unspecified atom stereocenters. The zero-order valence-corrected chi connectivity index (χ0v) is 14.8. The van der Waals surface area contributed by atoms with Gasteiger partial charge in [-0.25, -0.2) is 0 Å². The van der Waals surface area contributed by atoms with Crippen molar-refractivity contribution in [2.45, 2.75) is 83.5 Å². The third kappa shape index (κ3) is 3.37. The van der Waals surface area contributed by atoms with Crippen molar-refractivity contribution in [2.24, 2.45) is 5.73 Å². The van der Waals surface area contributed by atoms with Gasteiger partial charge in [-0.3, -0.25) is 4.84 Å². The van der Waals surface area contributed by atoms with Crippen LogP contribution in [0.15, 0.2) is 30.3 Å². The van der Waals surface area contributed by atoms with E-state index in [0.29, 0.717) is 0 Å². The number of hydroxylamine groups is 2. The van der Waals surface area contributed by atoms with Gasteiger partial charge < -0.3 is 5.73 Å². The van der Waals surface area contributed by atoms with Crippen molar-refractivity contribution < 1.29 is 4.84 Å². The van der Waals surface area contributed by atoms with Crippen LogP contribution in [0.2, 0.25) is 0 Å². The van der Waals surface area contributed by atoms with Crippen molar-refractivity contribution in [3.63, 3.8) is 0 Å². The predicted molar refractivity (Wildman–Crippen MR) is 92.4 cm³/mol. The van der Waals surface area contributed by atoms with Gasteiger partial charge in [0.2, 0.25) is 0 Å². The first-order valence-electron chi connectivity index (χ1n) is 8.62. The van der Waals surface area contributed by atoms with Gasteiger partial charge in [0, 0.05) is 17.1 Å². The second-order valence-corrected chi connectivity index (χ2v) is 7.36. The minimum Gasteiger partial charge on any atom is -0.328 e. The molecule has 1 aromatic rings. The summed E-state index contributed by atoms with van der Waals surface area (Å²) in [5, 5.41) is 2.28. The van der Waals surface area contributed by atoms with Crippen LogP contribution in [0, 0.1) is 0 Å². The Bertz CT molecular complexity index is 468. The van der Waals surface area contributed by atoms with E-state index in [1.807, 2.05) is 6.07 Å². The smallest absolute Gasteiger partial charge is 0.102 e. The topological polar surface area (TPSA) is 38.5 Å². The van der Waals surface area contributed by atoms with Crippen molar-refractivity contribution in [3.8, 4) is 0 Å². The van der Waals surface area contributed by atoms with Crippen LogP contribution < -0.4 is 5.73 Å². The van der Waals surface area contributed by atoms with Gasteiger partial charge in [0.05, 0.1) is 0 Å². The average molecular weight is 304 g/mol. The molecular weight excluding hydrogens is 272 g/mol. The Morgan fingerprint density at radius 1 is 1.18 bits per heavy atom. The Hall–Kier alpha value is -0.900. The fraction of sp³-hybridized carbons (Fsp3) is 0.684. The van der Waals surface area contributed by atoms with E-state index in [2.05, 4.69) is 63.9 Å². The van der Waals surface area contributed by atoms with E-state index in [-0.39, 0.29) is 23.2 Å². The number of nitrogens with zero attached hydrogens (tertiary/aromatic N) is 1. The summed E-state index contributed by atoms with van der Waals surface area (Å²) in [6, 6.07) is 10.7. The Labute approximate surface area is 135 Å². The summed E-state index contributed by atoms with van der Waals surface area (Å²) in [5.41, 5.74) is 7.56. The Balaban J connectivity index is 2.27. The van der Waals surface area contributed by atoms with Crippen LogP contribution >= 0.6 is 0 Å². The van der Waals surface area contributed by atoms with Crippen molar-refractivity contribution in [3.05, 3.63) is 35.9 Å². The average Bonchev–Trinajstić information content (AvgIpc) is 2.50. The third-order valence-corrected chi connectivity index (χ3v) is 5.23. The van der Waals surface area contributed by atoms with Crippen molar-refractivity contribution in [1.29, 1.82) is 0 Å². The minimum atomic E-state index is -0.0489. The molecule has 0 amide bonds. The molecule has 1 aromatic carbocycles. The van der Waals surface area contributed by atoms with Gasteiger partial charge in [0.15, 0.2) is 0 Å². The van der Waals surface area contributed by atoms with Gasteiger partial charge in [-0.1, -0.05) is 44.2 Å². The molecule has 0 spiro atoms. The number of hydrogen-bond acceptors (Lipinski definition) is 3. The number of benzene rings is 1. The van der Waals surface area contributed by atoms with Gasteiger partial charge in [0.25, 0.3) is 0 Å². The number of hydrogen-bond donors (Lipinski definition) is 1. The van der Waals surface area contributed by atoms with Crippen LogP contribution in [-0.4, -0.2) is 22.2 Å². The quantitative estimate of drug-likeness (QED) is 0.874. The highest BCUT2D eigenvalue weighted by molar-refractivity contribution is 5.17. The molecule has 1 fully saturated rings. The van der Waals surface area contributed by atoms with Crippen LogP contribution in [0.25, 0.3) is 0 Å². The molecule has 0 bridgehead atoms. The van der Waals surface area contributed by atoms with Crippen molar-refractivity contribution in [2.75, 3.05) is 0 Å². The normalized spacial score (nSPS) is 25.8. The largest absolute Gasteiger partial charge is 0.328 e. The zero-order chi connectivity index (χ0) is 16.4. The van der Waals surface area contributed by atoms with Crippen LogP contribution in [0.3, 0.4) is 0 Å². The molecule has 1 aliphatic rings. The molecule has 22 heavy (non-hydrogen) atoms. The Morgan fingerprint density at radius 3 is 2.32 bits per heavy atom. The summed E-state index contributed by atoms with van der Waals surface area (Å²) in [7, 11) is 0. The first-order chi connectivity index (χ1) is 10.3. The molecule has 2 atom stereocenters. The highest BCUT2D eigenvalue weighted by atomic mass is 16.7. The molecule has 3 heteroatoms. The molecule has 1 saturated heterocycles. The molecule has 1 heterocycles. The fourth-order valence-corrected chi connectivity index (χ4v) is 4.03. The third-order valence-electron chi connectivity index (χ3n) is 5.23. The molecular formula is C19H32N2O. The minimum absolute atomic E-state index is 0.0320. The summed E-state index contributed by atoms with van der Waals surface area (Å²) < 4.78 is 0. The predicted octanol–water partition coefficient (Wildman–Crippen LogP) is 4.44. The maximum absolute atomic E-state index is 6.52. The van der Waals surface area contributed by atoms with Crippen molar-refractivity contribution >= 4 is 0 Å². The van der Waals surface area contributed by atoms with Gasteiger partial charge in [0.1, 0.15) is 6.10 Å². The van der Waals surface area contributed by atoms with E-state index in [1.165, 1.54) is 5.56 Å². The Morgan fingerprint density at radius 2 is 1.77 bits per heavy atom. The highest BCUT2D eigenvalue weighted by Gasteiger charge is 2.49. The number of piperidine rings is 1. The van der Waals surface area contributed by atoms with E-state index in [0.717, 1.165) is 25.7 Å². The number of nitrogens with two attached hydrogens (primary N) is 1. The zero-order valence-electron chi connectivity index (χ0n) is 14.8. The summed E-state index contributed by atoms with van der Waals surface area (Å²) >= 11 is 0. The maximum Gasteiger partial charge on any atom is 0.102 e. The second-order valence-electron chi connectivity index (χ2n) is 7.36. The van der Waals surface area contributed by atoms with Crippen LogP contribution in [-0.2, 0) is 4.84 Å². The lowest BCUT2D eigenvalue weighted by Crippen LogP contribution is -2.65. The maximum atomic E-state index is 6.52. The SMILES string of the molecule is CCC1(CC)CC(N)CC(C)(C)N1OC(C)c1ccccc1. The van der Waals surface area contributed by atoms with E-state index >= 15 is 0 Å². The van der Waals surface area contributed by atoms with E-state index in [4.69, 9.17) is 10.6 Å². The molecule has 0 aromatic heterocycles. The molecule has 0 saturated carbocycles. The van der Waals surface area contributed by atoms with Crippen LogP contribution in [0.1, 0.15) is 72.0 Å². The summed E-state index contributed by atoms with van der Waals surface area (Å²) in [4.78, 5) is 6.52. The standard InChI is InChI=1S/C19H32N2O/c1-6-19(7-2)14-17(20)13-18(4,5)21(19)22-15(3)16-11-9-8-10-12-16/h8-12,15,17H,6-7,13-14,20H2,1-5H3. The molecule has 3 nitrogen and oxygen atoms in total. The monoisotopic (exact) mass is 304 g/mol. The van der Waals surface area contributed by atoms with Crippen LogP contribution in [0.5, 0.6) is 0 Å². The Kier molecular flexibility index (Phi) is 5.31. The molecule has 0 aliphatic carbocycles. The fourth-order valence-electron chi connectivity index (χ4n) is 4.03. The lowest BCUT2D eigenvalue weighted by molar-refractivity contribution is -0.315. The van der Waals surface area contributed by atoms with Crippen LogP contribution in [0.4, 0.5) is 0 Å². The van der Waals surface area contributed by atoms with Gasteiger partial charge in [-0.2, -0.15) is 5.06 Å². The second kappa shape index (κ2) is 6.69. The lowest BCUT2D eigenvalue weighted by Gasteiger charge is -2.56.